The highest BCUT2D eigenvalue weighted by atomic mass is 19.4. The number of carbonyl (C=O) groups is 1. The number of pyridine rings is 1. The Kier molecular flexibility index (Phi) is 6.82. The predicted molar refractivity (Wildman–Crippen MR) is 146 cm³/mol. The quantitative estimate of drug-likeness (QED) is 0.312. The Labute approximate surface area is 233 Å². The number of alkyl halides is 3. The van der Waals surface area contributed by atoms with Crippen LogP contribution in [0.5, 0.6) is 5.88 Å². The Morgan fingerprint density at radius 2 is 1.95 bits per heavy atom. The maximum atomic E-state index is 14.6. The smallest absolute Gasteiger partial charge is 0.408 e. The first-order valence-corrected chi connectivity index (χ1v) is 13.5. The Morgan fingerprint density at radius 1 is 1.15 bits per heavy atom. The summed E-state index contributed by atoms with van der Waals surface area (Å²) in [5, 5.41) is 9.83. The number of hydrogen-bond acceptors (Lipinski definition) is 7. The summed E-state index contributed by atoms with van der Waals surface area (Å²) in [6.45, 7) is 2.02. The molecule has 1 aliphatic carbocycles. The van der Waals surface area contributed by atoms with E-state index in [9.17, 15) is 22.4 Å². The van der Waals surface area contributed by atoms with Gasteiger partial charge in [0.1, 0.15) is 6.04 Å². The third kappa shape index (κ3) is 5.57. The number of benzene rings is 1. The fraction of sp³-hybridized carbons (Fsp3) is 0.429. The van der Waals surface area contributed by atoms with Crippen molar-refractivity contribution in [1.29, 1.82) is 0 Å². The molecule has 0 saturated heterocycles. The van der Waals surface area contributed by atoms with E-state index >= 15 is 0 Å². The van der Waals surface area contributed by atoms with Gasteiger partial charge in [-0.3, -0.25) is 4.79 Å². The third-order valence-electron chi connectivity index (χ3n) is 7.74. The number of anilines is 3. The minimum atomic E-state index is -4.41. The minimum Gasteiger partial charge on any atom is -0.477 e. The van der Waals surface area contributed by atoms with Crippen LogP contribution in [0.1, 0.15) is 43.0 Å². The van der Waals surface area contributed by atoms with E-state index < -0.39 is 24.1 Å². The fourth-order valence-corrected chi connectivity index (χ4v) is 5.35. The van der Waals surface area contributed by atoms with Crippen molar-refractivity contribution in [2.24, 2.45) is 23.9 Å². The largest absolute Gasteiger partial charge is 0.477 e. The molecule has 3 aliphatic rings. The molecule has 3 aromatic rings. The molecule has 2 bridgehead atoms. The molecular formula is C28H29F4N7O2. The molecule has 0 unspecified atom stereocenters. The summed E-state index contributed by atoms with van der Waals surface area (Å²) in [6, 6.07) is 5.59. The van der Waals surface area contributed by atoms with E-state index in [-0.39, 0.29) is 28.8 Å². The van der Waals surface area contributed by atoms with Gasteiger partial charge in [-0.15, -0.1) is 0 Å². The zero-order valence-electron chi connectivity index (χ0n) is 22.5. The number of aromatic nitrogens is 3. The molecule has 0 spiro atoms. The Morgan fingerprint density at radius 3 is 2.71 bits per heavy atom. The van der Waals surface area contributed by atoms with Crippen molar-refractivity contribution >= 4 is 28.9 Å². The molecule has 1 fully saturated rings. The number of guanidine groups is 1. The van der Waals surface area contributed by atoms with Crippen molar-refractivity contribution in [2.45, 2.75) is 44.8 Å². The molecule has 2 aromatic heterocycles. The zero-order valence-corrected chi connectivity index (χ0v) is 22.5. The summed E-state index contributed by atoms with van der Waals surface area (Å²) in [7, 11) is 1.72. The van der Waals surface area contributed by atoms with Crippen LogP contribution in [0, 0.1) is 17.8 Å². The molecule has 1 aromatic carbocycles. The van der Waals surface area contributed by atoms with E-state index in [4.69, 9.17) is 4.74 Å². The van der Waals surface area contributed by atoms with Gasteiger partial charge in [-0.1, -0.05) is 0 Å². The summed E-state index contributed by atoms with van der Waals surface area (Å²) in [5.74, 6) is -0.0873. The topological polar surface area (TPSA) is 96.7 Å². The number of nitrogens with zero attached hydrogens (tertiary/aromatic N) is 5. The van der Waals surface area contributed by atoms with Crippen LogP contribution >= 0.6 is 0 Å². The van der Waals surface area contributed by atoms with Crippen molar-refractivity contribution in [2.75, 3.05) is 28.7 Å². The number of amides is 1. The fourth-order valence-electron chi connectivity index (χ4n) is 5.35. The summed E-state index contributed by atoms with van der Waals surface area (Å²) in [4.78, 5) is 23.6. The Balaban J connectivity index is 1.39. The van der Waals surface area contributed by atoms with Gasteiger partial charge in [0.2, 0.25) is 17.8 Å². The molecule has 2 atom stereocenters. The minimum absolute atomic E-state index is 0.0116. The number of halogens is 4. The molecule has 9 nitrogen and oxygen atoms in total. The van der Waals surface area contributed by atoms with Crippen LogP contribution in [-0.4, -0.2) is 52.0 Å². The van der Waals surface area contributed by atoms with E-state index in [2.05, 4.69) is 25.7 Å². The van der Waals surface area contributed by atoms with Gasteiger partial charge in [-0.2, -0.15) is 27.7 Å². The van der Waals surface area contributed by atoms with Crippen LogP contribution in [0.2, 0.25) is 0 Å². The third-order valence-corrected chi connectivity index (χ3v) is 7.74. The summed E-state index contributed by atoms with van der Waals surface area (Å²) < 4.78 is 61.7. The van der Waals surface area contributed by atoms with Gasteiger partial charge in [0.25, 0.3) is 5.91 Å². The lowest BCUT2D eigenvalue weighted by atomic mass is 9.97. The average Bonchev–Trinajstić information content (AvgIpc) is 3.62. The monoisotopic (exact) mass is 571 g/mol. The van der Waals surface area contributed by atoms with E-state index in [0.29, 0.717) is 41.9 Å². The average molecular weight is 572 g/mol. The predicted octanol–water partition coefficient (Wildman–Crippen LogP) is 5.61. The number of ether oxygens (including phenoxy) is 1. The van der Waals surface area contributed by atoms with Gasteiger partial charge in [-0.25, -0.2) is 9.67 Å². The maximum absolute atomic E-state index is 14.6. The Bertz CT molecular complexity index is 1520. The van der Waals surface area contributed by atoms with Crippen molar-refractivity contribution in [3.63, 3.8) is 0 Å². The number of rotatable bonds is 3. The van der Waals surface area contributed by atoms with Gasteiger partial charge in [0, 0.05) is 30.9 Å². The number of nitrogens with one attached hydrogen (secondary N) is 2. The second kappa shape index (κ2) is 10.3. The van der Waals surface area contributed by atoms with Crippen LogP contribution in [-0.2, 0) is 7.05 Å². The molecule has 4 heterocycles. The number of aliphatic imine (C=N–C) groups is 1. The van der Waals surface area contributed by atoms with Crippen molar-refractivity contribution in [3.8, 4) is 17.1 Å². The number of carbonyl (C=O) groups excluding carboxylic acids is 1. The Hall–Kier alpha value is -4.16. The van der Waals surface area contributed by atoms with Crippen LogP contribution < -0.4 is 20.3 Å². The van der Waals surface area contributed by atoms with Gasteiger partial charge in [0.05, 0.1) is 35.4 Å². The lowest BCUT2D eigenvalue weighted by molar-refractivity contribution is -0.138. The second-order valence-electron chi connectivity index (χ2n) is 10.8. The van der Waals surface area contributed by atoms with Gasteiger partial charge < -0.3 is 20.3 Å². The van der Waals surface area contributed by atoms with E-state index in [1.807, 2.05) is 4.90 Å². The molecule has 1 amide bonds. The molecule has 13 heteroatoms. The zero-order chi connectivity index (χ0) is 28.9. The summed E-state index contributed by atoms with van der Waals surface area (Å²) in [5.41, 5.74) is 2.15. The van der Waals surface area contributed by atoms with Gasteiger partial charge in [0.15, 0.2) is 0 Å². The molecule has 216 valence electrons. The van der Waals surface area contributed by atoms with E-state index in [1.54, 1.807) is 29.9 Å². The summed E-state index contributed by atoms with van der Waals surface area (Å²) in [6.07, 6.45) is 0.929. The normalized spacial score (nSPS) is 21.2. The molecular weight excluding hydrogens is 542 g/mol. The molecule has 1 saturated carbocycles. The standard InChI is InChI=1S/C28H29F4N7O2/c1-15(28(30,31)32)34-19-7-8-23-22(12-19)36-27-37-25(40)18-10-21(35-24(29)11-18)20-13-33-38(2)26(20)41-9-3-4-17(14-39(23)27)16-5-6-16/h7-8,10-13,15-17,34H,3-6,9,14H2,1-2H3,(H,36,37,40)/t15-,17-/m1/s1. The SMILES string of the molecule is C[C@@H](Nc1ccc2c(c1)N/C1=N\C(=O)c3cc(F)nc(c3)-c3cnn(C)c3OCCC[C@@H](C3CC3)CN12)C(F)(F)F. The highest BCUT2D eigenvalue weighted by Crippen LogP contribution is 2.43. The van der Waals surface area contributed by atoms with Crippen molar-refractivity contribution < 1.29 is 27.1 Å². The first kappa shape index (κ1) is 27.0. The van der Waals surface area contributed by atoms with Crippen LogP contribution in [0.3, 0.4) is 0 Å². The van der Waals surface area contributed by atoms with E-state index in [1.165, 1.54) is 12.3 Å². The van der Waals surface area contributed by atoms with Gasteiger partial charge >= 0.3 is 6.18 Å². The molecule has 6 rings (SSSR count). The van der Waals surface area contributed by atoms with Crippen molar-refractivity contribution in [3.05, 3.63) is 48.0 Å². The number of fused-ring (bicyclic) bond motifs is 7. The molecule has 0 radical (unpaired) electrons. The summed E-state index contributed by atoms with van der Waals surface area (Å²) >= 11 is 0. The highest BCUT2D eigenvalue weighted by Gasteiger charge is 2.38. The first-order valence-electron chi connectivity index (χ1n) is 13.5. The lowest BCUT2D eigenvalue weighted by Crippen LogP contribution is -2.36. The molecule has 2 N–H and O–H groups in total. The first-order chi connectivity index (χ1) is 19.6. The van der Waals surface area contributed by atoms with Crippen LogP contribution in [0.4, 0.5) is 34.6 Å². The lowest BCUT2D eigenvalue weighted by Gasteiger charge is -2.26. The maximum Gasteiger partial charge on any atom is 0.408 e. The van der Waals surface area contributed by atoms with Crippen LogP contribution in [0.15, 0.2) is 41.5 Å². The number of hydrogen-bond donors (Lipinski definition) is 2. The van der Waals surface area contributed by atoms with E-state index in [0.717, 1.165) is 38.7 Å². The van der Waals surface area contributed by atoms with Crippen molar-refractivity contribution in [1.82, 2.24) is 14.8 Å². The van der Waals surface area contributed by atoms with Crippen LogP contribution in [0.25, 0.3) is 11.3 Å². The number of aryl methyl sites for hydroxylation is 1. The highest BCUT2D eigenvalue weighted by molar-refractivity contribution is 6.19. The molecule has 41 heavy (non-hydrogen) atoms. The van der Waals surface area contributed by atoms with Gasteiger partial charge in [-0.05, 0) is 68.7 Å². The molecule has 2 aliphatic heterocycles. The second-order valence-corrected chi connectivity index (χ2v) is 10.8.